The van der Waals surface area contributed by atoms with Crippen LogP contribution in [-0.2, 0) is 21.7 Å². The lowest BCUT2D eigenvalue weighted by Crippen LogP contribution is -2.35. The number of hydrogen-bond donors (Lipinski definition) is 1. The maximum Gasteiger partial charge on any atom is 0.0579 e. The Morgan fingerprint density at radius 1 is 0.656 bits per heavy atom. The van der Waals surface area contributed by atoms with E-state index in [1.807, 2.05) is 11.3 Å². The van der Waals surface area contributed by atoms with Gasteiger partial charge in [-0.15, -0.1) is 11.3 Å². The first kappa shape index (κ1) is 20.8. The number of fused-ring (bicyclic) bond motifs is 5. The zero-order valence-corrected chi connectivity index (χ0v) is 21.9. The van der Waals surface area contributed by atoms with Gasteiger partial charge in [0.2, 0.25) is 0 Å². The maximum absolute atomic E-state index is 3.87. The van der Waals surface area contributed by atoms with E-state index in [1.54, 1.807) is 22.3 Å². The Kier molecular flexibility index (Phi) is 3.90. The summed E-state index contributed by atoms with van der Waals surface area (Å²) in [5.41, 5.74) is 12.7. The summed E-state index contributed by atoms with van der Waals surface area (Å²) in [6.45, 7) is 19.6. The zero-order valence-electron chi connectivity index (χ0n) is 21.0. The predicted octanol–water partition coefficient (Wildman–Crippen LogP) is 9.32. The Morgan fingerprint density at radius 2 is 1.22 bits per heavy atom. The molecule has 0 bridgehead atoms. The number of anilines is 2. The van der Waals surface area contributed by atoms with Crippen molar-refractivity contribution in [2.45, 2.75) is 103 Å². The van der Waals surface area contributed by atoms with E-state index in [4.69, 9.17) is 0 Å². The Morgan fingerprint density at radius 3 is 1.88 bits per heavy atom. The summed E-state index contributed by atoms with van der Waals surface area (Å²) in [7, 11) is 0. The van der Waals surface area contributed by atoms with Gasteiger partial charge >= 0.3 is 0 Å². The molecule has 3 aromatic rings. The molecule has 0 atom stereocenters. The number of rotatable bonds is 0. The third-order valence-corrected chi connectivity index (χ3v) is 10.1. The average Bonchev–Trinajstić information content (AvgIpc) is 3.11. The summed E-state index contributed by atoms with van der Waals surface area (Å²) < 4.78 is 1.44. The van der Waals surface area contributed by atoms with Crippen LogP contribution in [0.4, 0.5) is 11.4 Å². The quantitative estimate of drug-likeness (QED) is 0.285. The van der Waals surface area contributed by atoms with Gasteiger partial charge in [0, 0.05) is 26.7 Å². The molecule has 0 fully saturated rings. The first-order chi connectivity index (χ1) is 14.8. The van der Waals surface area contributed by atoms with E-state index in [-0.39, 0.29) is 21.7 Å². The molecule has 2 aliphatic carbocycles. The minimum absolute atomic E-state index is 0.187. The standard InChI is InChI=1S/C30H37NS/c1-27(2)9-10-28(3,4)19-14-21-17(13-18(19)27)24-25-22(31-21)16-32-23(25)15-20-26(24)30(7,8)12-11-29(20,5)6/h13-16,31H,9-12H2,1-8H3. The Balaban J connectivity index is 1.76. The largest absolute Gasteiger partial charge is 0.354 e. The molecule has 0 spiro atoms. The van der Waals surface area contributed by atoms with E-state index in [0.29, 0.717) is 0 Å². The molecule has 0 radical (unpaired) electrons. The molecule has 0 amide bonds. The summed E-state index contributed by atoms with van der Waals surface area (Å²) in [4.78, 5) is 0. The predicted molar refractivity (Wildman–Crippen MR) is 141 cm³/mol. The van der Waals surface area contributed by atoms with Crippen molar-refractivity contribution >= 4 is 32.8 Å². The number of hydrogen-bond acceptors (Lipinski definition) is 2. The van der Waals surface area contributed by atoms with E-state index in [1.165, 1.54) is 58.3 Å². The van der Waals surface area contributed by atoms with Gasteiger partial charge in [0.1, 0.15) is 0 Å². The van der Waals surface area contributed by atoms with Crippen LogP contribution in [0, 0.1) is 0 Å². The lowest BCUT2D eigenvalue weighted by atomic mass is 9.60. The fourth-order valence-corrected chi connectivity index (χ4v) is 7.69. The van der Waals surface area contributed by atoms with E-state index in [2.05, 4.69) is 84.3 Å². The minimum Gasteiger partial charge on any atom is -0.354 e. The summed E-state index contributed by atoms with van der Waals surface area (Å²) in [5, 5.41) is 7.67. The molecule has 32 heavy (non-hydrogen) atoms. The van der Waals surface area contributed by atoms with Crippen molar-refractivity contribution in [2.75, 3.05) is 5.32 Å². The van der Waals surface area contributed by atoms with Crippen molar-refractivity contribution in [3.63, 3.8) is 0 Å². The molecule has 3 aliphatic rings. The second kappa shape index (κ2) is 6.00. The summed E-state index contributed by atoms with van der Waals surface area (Å²) in [6.07, 6.45) is 5.01. The number of nitrogens with one attached hydrogen (secondary N) is 1. The van der Waals surface area contributed by atoms with Gasteiger partial charge in [-0.3, -0.25) is 0 Å². The number of thiophene rings is 1. The Bertz CT molecular complexity index is 1300. The van der Waals surface area contributed by atoms with E-state index >= 15 is 0 Å². The Hall–Kier alpha value is -1.80. The molecule has 168 valence electrons. The molecule has 2 aromatic carbocycles. The van der Waals surface area contributed by atoms with Crippen molar-refractivity contribution in [1.29, 1.82) is 0 Å². The minimum atomic E-state index is 0.187. The molecule has 2 heteroatoms. The first-order valence-electron chi connectivity index (χ1n) is 12.4. The van der Waals surface area contributed by atoms with E-state index in [0.717, 1.165) is 0 Å². The van der Waals surface area contributed by atoms with Crippen LogP contribution in [0.1, 0.15) is 103 Å². The van der Waals surface area contributed by atoms with Crippen LogP contribution >= 0.6 is 11.3 Å². The van der Waals surface area contributed by atoms with Crippen molar-refractivity contribution in [2.24, 2.45) is 0 Å². The highest BCUT2D eigenvalue weighted by Gasteiger charge is 2.43. The van der Waals surface area contributed by atoms with Crippen molar-refractivity contribution in [3.8, 4) is 11.1 Å². The molecule has 2 heterocycles. The van der Waals surface area contributed by atoms with Gasteiger partial charge in [0.25, 0.3) is 0 Å². The lowest BCUT2D eigenvalue weighted by Gasteiger charge is -2.45. The first-order valence-corrected chi connectivity index (χ1v) is 13.3. The Labute approximate surface area is 197 Å². The normalized spacial score (nSPS) is 23.1. The maximum atomic E-state index is 3.87. The molecule has 0 saturated heterocycles. The van der Waals surface area contributed by atoms with Crippen molar-refractivity contribution < 1.29 is 0 Å². The van der Waals surface area contributed by atoms with Crippen LogP contribution in [0.5, 0.6) is 0 Å². The monoisotopic (exact) mass is 443 g/mol. The summed E-state index contributed by atoms with van der Waals surface area (Å²) in [6, 6.07) is 7.63. The van der Waals surface area contributed by atoms with Crippen LogP contribution < -0.4 is 5.32 Å². The molecule has 1 nitrogen and oxygen atoms in total. The van der Waals surface area contributed by atoms with Gasteiger partial charge in [0.05, 0.1) is 5.69 Å². The molecular formula is C30H37NS. The third-order valence-electron chi connectivity index (χ3n) is 9.17. The van der Waals surface area contributed by atoms with Gasteiger partial charge < -0.3 is 5.32 Å². The second-order valence-electron chi connectivity index (χ2n) is 13.3. The van der Waals surface area contributed by atoms with Crippen LogP contribution in [0.25, 0.3) is 21.2 Å². The molecule has 0 unspecified atom stereocenters. The SMILES string of the molecule is CC1(C)CCC(C)(C)c2cc3c(cc21)Nc1csc2cc4c(c-3c12)C(C)(C)CCC4(C)C. The number of benzene rings is 2. The fourth-order valence-electron chi connectivity index (χ4n) is 6.75. The topological polar surface area (TPSA) is 12.0 Å². The summed E-state index contributed by atoms with van der Waals surface area (Å²) >= 11 is 1.91. The average molecular weight is 444 g/mol. The second-order valence-corrected chi connectivity index (χ2v) is 14.2. The van der Waals surface area contributed by atoms with E-state index in [9.17, 15) is 0 Å². The smallest absolute Gasteiger partial charge is 0.0579 e. The van der Waals surface area contributed by atoms with Crippen LogP contribution in [0.3, 0.4) is 0 Å². The highest BCUT2D eigenvalue weighted by molar-refractivity contribution is 7.18. The van der Waals surface area contributed by atoms with Gasteiger partial charge in [-0.2, -0.15) is 0 Å². The van der Waals surface area contributed by atoms with Crippen LogP contribution in [-0.4, -0.2) is 0 Å². The third kappa shape index (κ3) is 2.62. The molecule has 1 aliphatic heterocycles. The highest BCUT2D eigenvalue weighted by Crippen LogP contribution is 2.58. The van der Waals surface area contributed by atoms with E-state index < -0.39 is 0 Å². The highest BCUT2D eigenvalue weighted by atomic mass is 32.1. The van der Waals surface area contributed by atoms with Crippen LogP contribution in [0.15, 0.2) is 23.6 Å². The van der Waals surface area contributed by atoms with Crippen LogP contribution in [0.2, 0.25) is 0 Å². The fraction of sp³-hybridized carbons (Fsp3) is 0.533. The van der Waals surface area contributed by atoms with Gasteiger partial charge in [0.15, 0.2) is 0 Å². The summed E-state index contributed by atoms with van der Waals surface area (Å²) in [5.74, 6) is 0. The lowest BCUT2D eigenvalue weighted by molar-refractivity contribution is 0.331. The molecule has 0 saturated carbocycles. The van der Waals surface area contributed by atoms with Gasteiger partial charge in [-0.25, -0.2) is 0 Å². The molecule has 6 rings (SSSR count). The zero-order chi connectivity index (χ0) is 22.8. The van der Waals surface area contributed by atoms with Crippen molar-refractivity contribution in [3.05, 3.63) is 45.8 Å². The molecule has 1 aromatic heterocycles. The van der Waals surface area contributed by atoms with Gasteiger partial charge in [-0.1, -0.05) is 55.4 Å². The molecule has 1 N–H and O–H groups in total. The van der Waals surface area contributed by atoms with Gasteiger partial charge in [-0.05, 0) is 93.4 Å². The van der Waals surface area contributed by atoms with Crippen molar-refractivity contribution in [1.82, 2.24) is 0 Å². The molecular weight excluding hydrogens is 406 g/mol.